The number of H-pyrrole nitrogens is 1. The van der Waals surface area contributed by atoms with E-state index in [1.54, 1.807) is 0 Å². The third-order valence-corrected chi connectivity index (χ3v) is 4.73. The van der Waals surface area contributed by atoms with E-state index in [9.17, 15) is 0 Å². The molecule has 2 heteroatoms. The molecule has 120 valence electrons. The molecule has 0 radical (unpaired) electrons. The van der Waals surface area contributed by atoms with Gasteiger partial charge in [0.2, 0.25) is 0 Å². The van der Waals surface area contributed by atoms with E-state index < -0.39 is 0 Å². The van der Waals surface area contributed by atoms with Crippen molar-refractivity contribution in [3.63, 3.8) is 0 Å². The highest BCUT2D eigenvalue weighted by Crippen LogP contribution is 2.34. The lowest BCUT2D eigenvalue weighted by Gasteiger charge is -2.25. The molecule has 0 spiro atoms. The second-order valence-corrected chi connectivity index (χ2v) is 6.34. The zero-order valence-electron chi connectivity index (χ0n) is 14.0. The zero-order chi connectivity index (χ0) is 16.4. The smallest absolute Gasteiger partial charge is 0.0744 e. The van der Waals surface area contributed by atoms with Crippen molar-refractivity contribution in [2.24, 2.45) is 0 Å². The van der Waals surface area contributed by atoms with Crippen LogP contribution in [0.2, 0.25) is 0 Å². The Hall–Kier alpha value is -2.50. The fraction of sp³-hybridized carbons (Fsp3) is 0.273. The van der Waals surface area contributed by atoms with E-state index in [1.165, 1.54) is 27.7 Å². The third-order valence-electron chi connectivity index (χ3n) is 4.73. The Kier molecular flexibility index (Phi) is 4.11. The minimum absolute atomic E-state index is 0.188. The van der Waals surface area contributed by atoms with Crippen LogP contribution >= 0.6 is 0 Å². The summed E-state index contributed by atoms with van der Waals surface area (Å²) in [6.07, 6.45) is 3.12. The molecule has 3 aromatic rings. The van der Waals surface area contributed by atoms with Crippen molar-refractivity contribution in [3.05, 3.63) is 70.9 Å². The minimum Gasteiger partial charge on any atom is -0.357 e. The summed E-state index contributed by atoms with van der Waals surface area (Å²) in [5, 5.41) is 5.04. The fourth-order valence-corrected chi connectivity index (χ4v) is 3.59. The van der Waals surface area contributed by atoms with Gasteiger partial charge < -0.3 is 10.3 Å². The Balaban J connectivity index is 1.82. The molecule has 0 aliphatic carbocycles. The number of hydrogen-bond acceptors (Lipinski definition) is 1. The van der Waals surface area contributed by atoms with Crippen LogP contribution in [0.1, 0.15) is 48.2 Å². The van der Waals surface area contributed by atoms with Crippen LogP contribution in [0.3, 0.4) is 0 Å². The maximum Gasteiger partial charge on any atom is 0.0744 e. The van der Waals surface area contributed by atoms with E-state index in [2.05, 4.69) is 77.6 Å². The van der Waals surface area contributed by atoms with E-state index in [-0.39, 0.29) is 6.04 Å². The Bertz CT molecular complexity index is 924. The van der Waals surface area contributed by atoms with Gasteiger partial charge in [0.1, 0.15) is 0 Å². The van der Waals surface area contributed by atoms with E-state index in [0.717, 1.165) is 31.4 Å². The second-order valence-electron chi connectivity index (χ2n) is 6.34. The van der Waals surface area contributed by atoms with Crippen LogP contribution in [0, 0.1) is 11.8 Å². The Morgan fingerprint density at radius 1 is 1.08 bits per heavy atom. The molecule has 2 nitrogen and oxygen atoms in total. The fourth-order valence-electron chi connectivity index (χ4n) is 3.59. The summed E-state index contributed by atoms with van der Waals surface area (Å²) in [6, 6.07) is 17.3. The number of nitrogens with one attached hydrogen (secondary N) is 2. The van der Waals surface area contributed by atoms with Crippen LogP contribution in [-0.2, 0) is 6.42 Å². The molecule has 2 aromatic carbocycles. The maximum atomic E-state index is 3.68. The summed E-state index contributed by atoms with van der Waals surface area (Å²) >= 11 is 0. The number of hydrogen-bond donors (Lipinski definition) is 2. The molecule has 2 heterocycles. The van der Waals surface area contributed by atoms with Gasteiger partial charge in [0.05, 0.1) is 6.04 Å². The normalized spacial score (nSPS) is 16.5. The molecule has 1 aromatic heterocycles. The SMILES string of the molecule is CCCC#Cc1ccccc1C1NCCc2c1[nH]c1ccccc21. The van der Waals surface area contributed by atoms with Crippen molar-refractivity contribution in [3.8, 4) is 11.8 Å². The van der Waals surface area contributed by atoms with Crippen molar-refractivity contribution in [2.45, 2.75) is 32.2 Å². The number of aromatic amines is 1. The lowest BCUT2D eigenvalue weighted by molar-refractivity contribution is 0.559. The maximum absolute atomic E-state index is 3.68. The van der Waals surface area contributed by atoms with Gasteiger partial charge in [0.25, 0.3) is 0 Å². The lowest BCUT2D eigenvalue weighted by Crippen LogP contribution is -2.30. The number of rotatable bonds is 2. The summed E-state index contributed by atoms with van der Waals surface area (Å²) in [4.78, 5) is 3.65. The first-order valence-electron chi connectivity index (χ1n) is 8.79. The molecule has 1 aliphatic rings. The van der Waals surface area contributed by atoms with Gasteiger partial charge in [0.15, 0.2) is 0 Å². The van der Waals surface area contributed by atoms with Gasteiger partial charge in [-0.1, -0.05) is 55.2 Å². The van der Waals surface area contributed by atoms with Crippen molar-refractivity contribution in [1.29, 1.82) is 0 Å². The summed E-state index contributed by atoms with van der Waals surface area (Å²) in [5.74, 6) is 6.67. The monoisotopic (exact) mass is 314 g/mol. The first kappa shape index (κ1) is 15.1. The molecule has 0 bridgehead atoms. The van der Waals surface area contributed by atoms with Gasteiger partial charge in [-0.2, -0.15) is 0 Å². The lowest BCUT2D eigenvalue weighted by atomic mass is 9.91. The molecule has 2 N–H and O–H groups in total. The van der Waals surface area contributed by atoms with Crippen LogP contribution in [0.25, 0.3) is 10.9 Å². The Morgan fingerprint density at radius 3 is 2.83 bits per heavy atom. The summed E-state index contributed by atoms with van der Waals surface area (Å²) in [7, 11) is 0. The zero-order valence-corrected chi connectivity index (χ0v) is 14.0. The topological polar surface area (TPSA) is 27.8 Å². The highest BCUT2D eigenvalue weighted by molar-refractivity contribution is 5.85. The molecule has 1 aliphatic heterocycles. The van der Waals surface area contributed by atoms with Gasteiger partial charge >= 0.3 is 0 Å². The number of fused-ring (bicyclic) bond motifs is 3. The average molecular weight is 314 g/mol. The summed E-state index contributed by atoms with van der Waals surface area (Å²) in [6.45, 7) is 3.16. The van der Waals surface area contributed by atoms with Gasteiger partial charge in [-0.3, -0.25) is 0 Å². The van der Waals surface area contributed by atoms with Crippen LogP contribution in [0.15, 0.2) is 48.5 Å². The van der Waals surface area contributed by atoms with Gasteiger partial charge in [0, 0.05) is 35.1 Å². The van der Waals surface area contributed by atoms with Crippen molar-refractivity contribution in [2.75, 3.05) is 6.54 Å². The predicted molar refractivity (Wildman–Crippen MR) is 100 cm³/mol. The second kappa shape index (κ2) is 6.55. The molecule has 1 unspecified atom stereocenters. The van der Waals surface area contributed by atoms with E-state index >= 15 is 0 Å². The molecule has 0 fully saturated rings. The quantitative estimate of drug-likeness (QED) is 0.667. The molecule has 24 heavy (non-hydrogen) atoms. The molecule has 0 saturated heterocycles. The van der Waals surface area contributed by atoms with Crippen molar-refractivity contribution >= 4 is 10.9 Å². The van der Waals surface area contributed by atoms with Crippen LogP contribution in [0.4, 0.5) is 0 Å². The third kappa shape index (κ3) is 2.62. The minimum atomic E-state index is 0.188. The molecule has 0 amide bonds. The molecule has 0 saturated carbocycles. The molecule has 4 rings (SSSR count). The van der Waals surface area contributed by atoms with Crippen molar-refractivity contribution < 1.29 is 0 Å². The van der Waals surface area contributed by atoms with Gasteiger partial charge in [-0.05, 0) is 36.1 Å². The first-order chi connectivity index (χ1) is 11.9. The average Bonchev–Trinajstić information content (AvgIpc) is 3.01. The standard InChI is InChI=1S/C22H22N2/c1-2-3-4-9-16-10-5-6-11-17(16)21-22-19(14-15-23-21)18-12-7-8-13-20(18)24-22/h5-8,10-13,21,23-24H,2-3,14-15H2,1H3. The largest absolute Gasteiger partial charge is 0.357 e. The highest BCUT2D eigenvalue weighted by atomic mass is 15.0. The summed E-state index contributed by atoms with van der Waals surface area (Å²) in [5.41, 5.74) is 6.38. The molecule has 1 atom stereocenters. The summed E-state index contributed by atoms with van der Waals surface area (Å²) < 4.78 is 0. The molecular formula is C22H22N2. The number of benzene rings is 2. The highest BCUT2D eigenvalue weighted by Gasteiger charge is 2.26. The molecular weight excluding hydrogens is 292 g/mol. The van der Waals surface area contributed by atoms with Crippen LogP contribution < -0.4 is 5.32 Å². The van der Waals surface area contributed by atoms with E-state index in [4.69, 9.17) is 0 Å². The Labute approximate surface area is 143 Å². The van der Waals surface area contributed by atoms with Crippen LogP contribution in [-0.4, -0.2) is 11.5 Å². The first-order valence-corrected chi connectivity index (χ1v) is 8.79. The van der Waals surface area contributed by atoms with Gasteiger partial charge in [-0.15, -0.1) is 0 Å². The predicted octanol–water partition coefficient (Wildman–Crippen LogP) is 4.55. The Morgan fingerprint density at radius 2 is 1.92 bits per heavy atom. The number of para-hydroxylation sites is 1. The number of aromatic nitrogens is 1. The van der Waals surface area contributed by atoms with Crippen molar-refractivity contribution in [1.82, 2.24) is 10.3 Å². The van der Waals surface area contributed by atoms with Crippen LogP contribution in [0.5, 0.6) is 0 Å². The van der Waals surface area contributed by atoms with Gasteiger partial charge in [-0.25, -0.2) is 0 Å². The van der Waals surface area contributed by atoms with E-state index in [1.807, 2.05) is 0 Å². The van der Waals surface area contributed by atoms with E-state index in [0.29, 0.717) is 0 Å². The number of unbranched alkanes of at least 4 members (excludes halogenated alkanes) is 1.